The molecule has 0 aliphatic carbocycles. The van der Waals surface area contributed by atoms with Crippen molar-refractivity contribution in [2.24, 2.45) is 0 Å². The Bertz CT molecular complexity index is 1140. The van der Waals surface area contributed by atoms with E-state index in [2.05, 4.69) is 26.3 Å². The van der Waals surface area contributed by atoms with Gasteiger partial charge in [-0.15, -0.1) is 0 Å². The van der Waals surface area contributed by atoms with Gasteiger partial charge in [0.15, 0.2) is 11.5 Å². The molecule has 0 saturated carbocycles. The molecular weight excluding hydrogens is 435 g/mol. The fraction of sp³-hybridized carbons (Fsp3) is 0.0417. The molecule has 2 aromatic rings. The number of aliphatic hydroxyl groups excluding tert-OH is 1. The summed E-state index contributed by atoms with van der Waals surface area (Å²) in [6.45, 7) is 13.2. The highest BCUT2D eigenvalue weighted by molar-refractivity contribution is 5.88. The number of rotatable bonds is 10. The van der Waals surface area contributed by atoms with Gasteiger partial charge >= 0.3 is 17.9 Å². The minimum atomic E-state index is -1.44. The Kier molecular flexibility index (Phi) is 8.42. The zero-order valence-electron chi connectivity index (χ0n) is 17.3. The van der Waals surface area contributed by atoms with E-state index in [4.69, 9.17) is 18.9 Å². The van der Waals surface area contributed by atoms with Gasteiger partial charge in [-0.3, -0.25) is 0 Å². The SMILES string of the molecule is C=CC(=O)Oc1ccc(-c2c(F)cc(OC(O)C=C)cc2OC(=O)C=C)cc1OC(=O)C=C. The smallest absolute Gasteiger partial charge is 0.335 e. The van der Waals surface area contributed by atoms with Crippen LogP contribution in [0.3, 0.4) is 0 Å². The molecule has 0 aliphatic heterocycles. The molecule has 0 radical (unpaired) electrons. The highest BCUT2D eigenvalue weighted by atomic mass is 19.1. The van der Waals surface area contributed by atoms with Crippen molar-refractivity contribution in [3.63, 3.8) is 0 Å². The number of benzene rings is 2. The topological polar surface area (TPSA) is 108 Å². The van der Waals surface area contributed by atoms with Gasteiger partial charge in [0.05, 0.1) is 5.56 Å². The number of hydrogen-bond donors (Lipinski definition) is 1. The van der Waals surface area contributed by atoms with Gasteiger partial charge in [0.1, 0.15) is 17.3 Å². The van der Waals surface area contributed by atoms with Crippen LogP contribution in [0, 0.1) is 5.82 Å². The molecule has 2 aromatic carbocycles. The number of esters is 3. The maximum atomic E-state index is 15.1. The molecule has 0 aliphatic rings. The number of ether oxygens (including phenoxy) is 4. The van der Waals surface area contributed by atoms with E-state index in [0.717, 1.165) is 36.4 Å². The second kappa shape index (κ2) is 11.2. The monoisotopic (exact) mass is 454 g/mol. The lowest BCUT2D eigenvalue weighted by Gasteiger charge is -2.16. The molecule has 1 unspecified atom stereocenters. The summed E-state index contributed by atoms with van der Waals surface area (Å²) in [5.74, 6) is -4.35. The molecule has 0 bridgehead atoms. The summed E-state index contributed by atoms with van der Waals surface area (Å²) in [7, 11) is 0. The van der Waals surface area contributed by atoms with Crippen LogP contribution in [0.5, 0.6) is 23.0 Å². The maximum absolute atomic E-state index is 15.1. The molecule has 170 valence electrons. The van der Waals surface area contributed by atoms with Gasteiger partial charge in [0, 0.05) is 30.4 Å². The van der Waals surface area contributed by atoms with Crippen LogP contribution in [0.1, 0.15) is 0 Å². The van der Waals surface area contributed by atoms with Crippen molar-refractivity contribution < 1.29 is 42.8 Å². The lowest BCUT2D eigenvalue weighted by atomic mass is 10.0. The van der Waals surface area contributed by atoms with Crippen molar-refractivity contribution >= 4 is 17.9 Å². The van der Waals surface area contributed by atoms with Crippen LogP contribution in [0.4, 0.5) is 4.39 Å². The normalized spacial score (nSPS) is 10.8. The molecule has 1 N–H and O–H groups in total. The summed E-state index contributed by atoms with van der Waals surface area (Å²) < 4.78 is 35.4. The van der Waals surface area contributed by atoms with E-state index in [1.165, 1.54) is 18.2 Å². The third kappa shape index (κ3) is 6.49. The third-order valence-electron chi connectivity index (χ3n) is 3.85. The first-order valence-corrected chi connectivity index (χ1v) is 9.20. The largest absolute Gasteiger partial charge is 0.461 e. The Balaban J connectivity index is 2.66. The number of halogens is 1. The van der Waals surface area contributed by atoms with Crippen molar-refractivity contribution in [2.75, 3.05) is 0 Å². The summed E-state index contributed by atoms with van der Waals surface area (Å²) in [6, 6.07) is 5.87. The van der Waals surface area contributed by atoms with Gasteiger partial charge in [-0.25, -0.2) is 18.8 Å². The second-order valence-electron chi connectivity index (χ2n) is 6.06. The highest BCUT2D eigenvalue weighted by Crippen LogP contribution is 2.40. The van der Waals surface area contributed by atoms with Crippen molar-refractivity contribution in [2.45, 2.75) is 6.29 Å². The van der Waals surface area contributed by atoms with Gasteiger partial charge in [0.2, 0.25) is 6.29 Å². The summed E-state index contributed by atoms with van der Waals surface area (Å²) in [6.07, 6.45) is 2.26. The number of carbonyl (C=O) groups is 3. The summed E-state index contributed by atoms with van der Waals surface area (Å²) >= 11 is 0. The summed E-state index contributed by atoms with van der Waals surface area (Å²) in [4.78, 5) is 35.1. The molecule has 33 heavy (non-hydrogen) atoms. The van der Waals surface area contributed by atoms with Crippen molar-refractivity contribution in [3.05, 3.63) is 86.8 Å². The van der Waals surface area contributed by atoms with Crippen molar-refractivity contribution in [1.29, 1.82) is 0 Å². The Morgan fingerprint density at radius 2 is 1.36 bits per heavy atom. The van der Waals surface area contributed by atoms with Crippen LogP contribution in [0.25, 0.3) is 11.1 Å². The molecule has 2 rings (SSSR count). The molecule has 0 heterocycles. The molecule has 0 amide bonds. The maximum Gasteiger partial charge on any atom is 0.335 e. The second-order valence-corrected chi connectivity index (χ2v) is 6.06. The Morgan fingerprint density at radius 1 is 0.818 bits per heavy atom. The third-order valence-corrected chi connectivity index (χ3v) is 3.85. The lowest BCUT2D eigenvalue weighted by Crippen LogP contribution is -2.12. The van der Waals surface area contributed by atoms with Crippen molar-refractivity contribution in [3.8, 4) is 34.1 Å². The Hall–Kier alpha value is -4.50. The molecule has 9 heteroatoms. The van der Waals surface area contributed by atoms with Crippen LogP contribution >= 0.6 is 0 Å². The van der Waals surface area contributed by atoms with Crippen LogP contribution in [-0.2, 0) is 14.4 Å². The van der Waals surface area contributed by atoms with E-state index in [1.54, 1.807) is 0 Å². The van der Waals surface area contributed by atoms with E-state index in [1.807, 2.05) is 0 Å². The fourth-order valence-electron chi connectivity index (χ4n) is 2.45. The van der Waals surface area contributed by atoms with E-state index < -0.39 is 30.0 Å². The minimum Gasteiger partial charge on any atom is -0.461 e. The predicted molar refractivity (Wildman–Crippen MR) is 116 cm³/mol. The highest BCUT2D eigenvalue weighted by Gasteiger charge is 2.21. The average molecular weight is 454 g/mol. The van der Waals surface area contributed by atoms with Gasteiger partial charge in [-0.05, 0) is 23.8 Å². The van der Waals surface area contributed by atoms with Crippen molar-refractivity contribution in [1.82, 2.24) is 0 Å². The van der Waals surface area contributed by atoms with Crippen LogP contribution in [0.2, 0.25) is 0 Å². The number of aliphatic hydroxyl groups is 1. The van der Waals surface area contributed by atoms with Gasteiger partial charge in [-0.2, -0.15) is 0 Å². The summed E-state index contributed by atoms with van der Waals surface area (Å²) in [5.41, 5.74) is -0.136. The molecule has 0 aromatic heterocycles. The minimum absolute atomic E-state index is 0.0837. The zero-order valence-corrected chi connectivity index (χ0v) is 17.3. The number of carbonyl (C=O) groups excluding carboxylic acids is 3. The molecule has 0 fully saturated rings. The lowest BCUT2D eigenvalue weighted by molar-refractivity contribution is -0.131. The average Bonchev–Trinajstić information content (AvgIpc) is 2.79. The fourth-order valence-corrected chi connectivity index (χ4v) is 2.45. The zero-order chi connectivity index (χ0) is 24.5. The van der Waals surface area contributed by atoms with Crippen LogP contribution < -0.4 is 18.9 Å². The van der Waals surface area contributed by atoms with Crippen LogP contribution in [-0.4, -0.2) is 29.3 Å². The Labute approximate surface area is 188 Å². The first-order valence-electron chi connectivity index (χ1n) is 9.20. The molecule has 1 atom stereocenters. The van der Waals surface area contributed by atoms with Gasteiger partial charge in [-0.1, -0.05) is 32.4 Å². The molecule has 0 spiro atoms. The van der Waals surface area contributed by atoms with E-state index in [-0.39, 0.29) is 34.1 Å². The predicted octanol–water partition coefficient (Wildman–Crippen LogP) is 3.65. The van der Waals surface area contributed by atoms with E-state index >= 15 is 4.39 Å². The molecule has 8 nitrogen and oxygen atoms in total. The van der Waals surface area contributed by atoms with Gasteiger partial charge in [0.25, 0.3) is 0 Å². The molecular formula is C24H19FO8. The first kappa shape index (κ1) is 24.8. The summed E-state index contributed by atoms with van der Waals surface area (Å²) in [5, 5.41) is 9.58. The quantitative estimate of drug-likeness (QED) is 0.191. The number of hydrogen-bond acceptors (Lipinski definition) is 8. The van der Waals surface area contributed by atoms with E-state index in [9.17, 15) is 19.5 Å². The standard InChI is InChI=1S/C24H19FO8/c1-5-20(26)30-15-12-16(25)24(19(13-15)33-23(29)8-4)14-9-10-17(31-21(27)6-2)18(11-14)32-22(28)7-3/h5-13,20,26H,1-4H2. The van der Waals surface area contributed by atoms with Gasteiger partial charge < -0.3 is 24.1 Å². The first-order chi connectivity index (χ1) is 15.7. The molecule has 0 saturated heterocycles. The van der Waals surface area contributed by atoms with Crippen LogP contribution in [0.15, 0.2) is 81.0 Å². The van der Waals surface area contributed by atoms with E-state index in [0.29, 0.717) is 0 Å². The Morgan fingerprint density at radius 3 is 1.91 bits per heavy atom.